The minimum absolute atomic E-state index is 0.193. The number of hydrogen-bond donors (Lipinski definition) is 1. The predicted octanol–water partition coefficient (Wildman–Crippen LogP) is 3.60. The van der Waals surface area contributed by atoms with Crippen molar-refractivity contribution < 1.29 is 4.79 Å². The number of nitrogens with zero attached hydrogens (tertiary/aromatic N) is 3. The van der Waals surface area contributed by atoms with Gasteiger partial charge in [-0.25, -0.2) is 4.99 Å². The van der Waals surface area contributed by atoms with Gasteiger partial charge in [-0.05, 0) is 42.5 Å². The van der Waals surface area contributed by atoms with Crippen LogP contribution in [0.4, 0.5) is 5.69 Å². The van der Waals surface area contributed by atoms with E-state index in [1.807, 2.05) is 6.07 Å². The van der Waals surface area contributed by atoms with Gasteiger partial charge in [-0.1, -0.05) is 23.2 Å². The van der Waals surface area contributed by atoms with E-state index in [4.69, 9.17) is 28.5 Å². The number of guanidine groups is 1. The van der Waals surface area contributed by atoms with E-state index >= 15 is 0 Å². The van der Waals surface area contributed by atoms with Gasteiger partial charge in [0.25, 0.3) is 5.91 Å². The number of benzene rings is 2. The van der Waals surface area contributed by atoms with Crippen LogP contribution in [0.2, 0.25) is 10.0 Å². The average molecular weight is 359 g/mol. The Bertz CT molecular complexity index is 856. The Morgan fingerprint density at radius 3 is 2.67 bits per heavy atom. The molecule has 0 atom stereocenters. The lowest BCUT2D eigenvalue weighted by Crippen LogP contribution is -2.35. The zero-order chi connectivity index (χ0) is 17.1. The Balaban J connectivity index is 1.89. The number of nitriles is 1. The molecule has 7 heteroatoms. The molecule has 0 aromatic heterocycles. The predicted molar refractivity (Wildman–Crippen MR) is 93.8 cm³/mol. The van der Waals surface area contributed by atoms with Crippen LogP contribution in [0.3, 0.4) is 0 Å². The maximum absolute atomic E-state index is 12.7. The normalized spacial score (nSPS) is 15.2. The molecule has 120 valence electrons. The smallest absolute Gasteiger partial charge is 0.260 e. The van der Waals surface area contributed by atoms with Crippen molar-refractivity contribution in [2.45, 2.75) is 0 Å². The Labute approximate surface area is 149 Å². The standard InChI is InChI=1S/C17H12Cl2N4O/c18-13-5-6-14(19)15(9-13)22-17-21-7-8-23(17)16(24)12-3-1-11(10-20)2-4-12/h1-6,9H,7-8H2,(H,21,22). The summed E-state index contributed by atoms with van der Waals surface area (Å²) in [5.74, 6) is 0.231. The van der Waals surface area contributed by atoms with Crippen molar-refractivity contribution in [3.63, 3.8) is 0 Å². The van der Waals surface area contributed by atoms with Crippen molar-refractivity contribution in [1.82, 2.24) is 10.2 Å². The average Bonchev–Trinajstić information content (AvgIpc) is 3.06. The summed E-state index contributed by atoms with van der Waals surface area (Å²) in [6.45, 7) is 1.09. The summed E-state index contributed by atoms with van der Waals surface area (Å²) in [6.07, 6.45) is 0. The molecule has 1 N–H and O–H groups in total. The molecule has 0 unspecified atom stereocenters. The number of carbonyl (C=O) groups is 1. The molecular weight excluding hydrogens is 347 g/mol. The molecule has 1 heterocycles. The molecule has 2 aromatic carbocycles. The maximum atomic E-state index is 12.7. The molecule has 0 spiro atoms. The molecule has 1 fully saturated rings. The van der Waals surface area contributed by atoms with Gasteiger partial charge in [0.1, 0.15) is 0 Å². The summed E-state index contributed by atoms with van der Waals surface area (Å²) in [5.41, 5.74) is 1.49. The van der Waals surface area contributed by atoms with Crippen molar-refractivity contribution >= 4 is 40.8 Å². The Morgan fingerprint density at radius 2 is 1.96 bits per heavy atom. The highest BCUT2D eigenvalue weighted by atomic mass is 35.5. The third kappa shape index (κ3) is 3.35. The van der Waals surface area contributed by atoms with E-state index < -0.39 is 0 Å². The first-order valence-electron chi connectivity index (χ1n) is 7.18. The second-order valence-electron chi connectivity index (χ2n) is 5.10. The van der Waals surface area contributed by atoms with E-state index in [2.05, 4.69) is 10.3 Å². The van der Waals surface area contributed by atoms with E-state index in [-0.39, 0.29) is 5.91 Å². The Kier molecular flexibility index (Phi) is 4.70. The lowest BCUT2D eigenvalue weighted by molar-refractivity contribution is 0.0859. The van der Waals surface area contributed by atoms with Crippen LogP contribution < -0.4 is 5.32 Å². The summed E-state index contributed by atoms with van der Waals surface area (Å²) >= 11 is 12.1. The first-order chi connectivity index (χ1) is 11.6. The van der Waals surface area contributed by atoms with Gasteiger partial charge in [-0.2, -0.15) is 5.26 Å². The molecular formula is C17H12Cl2N4O. The van der Waals surface area contributed by atoms with E-state index in [1.165, 1.54) is 0 Å². The maximum Gasteiger partial charge on any atom is 0.260 e. The monoisotopic (exact) mass is 358 g/mol. The van der Waals surface area contributed by atoms with Gasteiger partial charge < -0.3 is 5.32 Å². The molecule has 0 bridgehead atoms. The van der Waals surface area contributed by atoms with Crippen LogP contribution in [0.25, 0.3) is 0 Å². The van der Waals surface area contributed by atoms with Crippen LogP contribution >= 0.6 is 23.2 Å². The fourth-order valence-corrected chi connectivity index (χ4v) is 2.63. The van der Waals surface area contributed by atoms with Gasteiger partial charge in [-0.15, -0.1) is 0 Å². The quantitative estimate of drug-likeness (QED) is 0.891. The van der Waals surface area contributed by atoms with Gasteiger partial charge in [-0.3, -0.25) is 9.69 Å². The molecule has 1 aliphatic heterocycles. The number of carbonyl (C=O) groups excluding carboxylic acids is 1. The van der Waals surface area contributed by atoms with Crippen molar-refractivity contribution in [3.8, 4) is 6.07 Å². The summed E-state index contributed by atoms with van der Waals surface area (Å²) in [5, 5.41) is 12.9. The fourth-order valence-electron chi connectivity index (χ4n) is 2.31. The molecule has 1 amide bonds. The van der Waals surface area contributed by atoms with Crippen LogP contribution in [-0.4, -0.2) is 29.9 Å². The van der Waals surface area contributed by atoms with E-state index in [0.717, 1.165) is 0 Å². The number of aliphatic imine (C=N–C) groups is 1. The first-order valence-corrected chi connectivity index (χ1v) is 7.94. The largest absolute Gasteiger partial charge is 0.354 e. The van der Waals surface area contributed by atoms with Crippen LogP contribution in [0.1, 0.15) is 15.9 Å². The number of nitrogens with one attached hydrogen (secondary N) is 1. The summed E-state index contributed by atoms with van der Waals surface area (Å²) in [4.78, 5) is 18.6. The molecule has 5 nitrogen and oxygen atoms in total. The molecule has 3 rings (SSSR count). The van der Waals surface area contributed by atoms with E-state index in [1.54, 1.807) is 47.4 Å². The zero-order valence-corrected chi connectivity index (χ0v) is 14.0. The summed E-state index contributed by atoms with van der Waals surface area (Å²) in [7, 11) is 0. The van der Waals surface area contributed by atoms with Crippen LogP contribution in [0, 0.1) is 11.3 Å². The Morgan fingerprint density at radius 1 is 1.21 bits per heavy atom. The first kappa shape index (κ1) is 16.3. The highest BCUT2D eigenvalue weighted by molar-refractivity contribution is 6.35. The van der Waals surface area contributed by atoms with Crippen LogP contribution in [0.5, 0.6) is 0 Å². The van der Waals surface area contributed by atoms with E-state index in [9.17, 15) is 4.79 Å². The highest BCUT2D eigenvalue weighted by Gasteiger charge is 2.26. The molecule has 0 radical (unpaired) electrons. The minimum atomic E-state index is -0.193. The minimum Gasteiger partial charge on any atom is -0.354 e. The van der Waals surface area contributed by atoms with E-state index in [0.29, 0.717) is 45.9 Å². The molecule has 0 aliphatic carbocycles. The summed E-state index contributed by atoms with van der Waals surface area (Å²) in [6, 6.07) is 13.5. The fraction of sp³-hybridized carbons (Fsp3) is 0.118. The molecule has 0 saturated carbocycles. The third-order valence-corrected chi connectivity index (χ3v) is 4.07. The lowest BCUT2D eigenvalue weighted by Gasteiger charge is -2.16. The molecule has 1 saturated heterocycles. The summed E-state index contributed by atoms with van der Waals surface area (Å²) < 4.78 is 0. The van der Waals surface area contributed by atoms with Gasteiger partial charge in [0.05, 0.1) is 22.3 Å². The highest BCUT2D eigenvalue weighted by Crippen LogP contribution is 2.28. The Hall–Kier alpha value is -2.55. The van der Waals surface area contributed by atoms with Gasteiger partial charge >= 0.3 is 0 Å². The molecule has 2 aromatic rings. The van der Waals surface area contributed by atoms with Crippen molar-refractivity contribution in [2.75, 3.05) is 13.1 Å². The topological polar surface area (TPSA) is 68.5 Å². The second kappa shape index (κ2) is 6.91. The third-order valence-electron chi connectivity index (χ3n) is 3.51. The second-order valence-corrected chi connectivity index (χ2v) is 5.95. The SMILES string of the molecule is N#Cc1ccc(C(=O)N2CCNC2=Nc2cc(Cl)ccc2Cl)cc1. The zero-order valence-electron chi connectivity index (χ0n) is 12.5. The molecule has 24 heavy (non-hydrogen) atoms. The number of amides is 1. The van der Waals surface area contributed by atoms with Crippen molar-refractivity contribution in [1.29, 1.82) is 5.26 Å². The van der Waals surface area contributed by atoms with Crippen molar-refractivity contribution in [3.05, 3.63) is 63.6 Å². The number of halogens is 2. The van der Waals surface area contributed by atoms with Gasteiger partial charge in [0, 0.05) is 23.7 Å². The van der Waals surface area contributed by atoms with Crippen LogP contribution in [-0.2, 0) is 0 Å². The number of hydrogen-bond acceptors (Lipinski definition) is 3. The van der Waals surface area contributed by atoms with Crippen LogP contribution in [0.15, 0.2) is 47.5 Å². The van der Waals surface area contributed by atoms with Gasteiger partial charge in [0.2, 0.25) is 5.96 Å². The lowest BCUT2D eigenvalue weighted by atomic mass is 10.1. The molecule has 1 aliphatic rings. The van der Waals surface area contributed by atoms with Crippen molar-refractivity contribution in [2.24, 2.45) is 4.99 Å². The number of rotatable bonds is 2. The van der Waals surface area contributed by atoms with Gasteiger partial charge in [0.15, 0.2) is 0 Å².